The lowest BCUT2D eigenvalue weighted by Gasteiger charge is -2.21. The zero-order valence-corrected chi connectivity index (χ0v) is 17.0. The molecule has 1 aromatic carbocycles. The molecular formula is C20H26N4O4. The van der Waals surface area contributed by atoms with Crippen molar-refractivity contribution < 1.29 is 19.1 Å². The van der Waals surface area contributed by atoms with Crippen LogP contribution in [0.1, 0.15) is 49.4 Å². The number of nitrogens with zero attached hydrogens (tertiary/aromatic N) is 2. The number of imide groups is 1. The Morgan fingerprint density at radius 1 is 1.11 bits per heavy atom. The summed E-state index contributed by atoms with van der Waals surface area (Å²) in [5, 5.41) is 9.16. The number of rotatable bonds is 4. The second kappa shape index (κ2) is 8.24. The van der Waals surface area contributed by atoms with Gasteiger partial charge in [0.1, 0.15) is 5.56 Å². The van der Waals surface area contributed by atoms with Crippen LogP contribution in [0.15, 0.2) is 30.3 Å². The third-order valence-electron chi connectivity index (χ3n) is 3.87. The standard InChI is InChI=1S/C20H26N4O4/c1-12-16(13(2)24(23-12)15-10-8-7-9-11-15)18(26)28-14(3)17(25)21-19(27)22-20(4,5)6/h7-11,14H,1-6H3,(H2,21,22,25,27)/t14-/m0/s1. The summed E-state index contributed by atoms with van der Waals surface area (Å²) < 4.78 is 6.90. The Bertz CT molecular complexity index is 882. The molecule has 0 radical (unpaired) electrons. The predicted octanol–water partition coefficient (Wildman–Crippen LogP) is 2.66. The zero-order valence-electron chi connectivity index (χ0n) is 17.0. The number of hydrogen-bond donors (Lipinski definition) is 2. The number of urea groups is 1. The number of aromatic nitrogens is 2. The molecular weight excluding hydrogens is 360 g/mol. The lowest BCUT2D eigenvalue weighted by Crippen LogP contribution is -2.50. The lowest BCUT2D eigenvalue weighted by atomic mass is 10.1. The average Bonchev–Trinajstić information content (AvgIpc) is 2.88. The van der Waals surface area contributed by atoms with Crippen molar-refractivity contribution >= 4 is 17.9 Å². The fourth-order valence-corrected chi connectivity index (χ4v) is 2.62. The van der Waals surface area contributed by atoms with E-state index in [1.165, 1.54) is 6.92 Å². The summed E-state index contributed by atoms with van der Waals surface area (Å²) in [5.74, 6) is -1.38. The number of carbonyl (C=O) groups excluding carboxylic acids is 3. The van der Waals surface area contributed by atoms with Crippen LogP contribution >= 0.6 is 0 Å². The van der Waals surface area contributed by atoms with Crippen molar-refractivity contribution in [3.63, 3.8) is 0 Å². The topological polar surface area (TPSA) is 102 Å². The monoisotopic (exact) mass is 386 g/mol. The molecule has 2 rings (SSSR count). The van der Waals surface area contributed by atoms with Crippen LogP contribution in [-0.2, 0) is 9.53 Å². The normalized spacial score (nSPS) is 12.2. The molecule has 0 saturated heterocycles. The van der Waals surface area contributed by atoms with Gasteiger partial charge in [-0.25, -0.2) is 14.3 Å². The number of nitrogens with one attached hydrogen (secondary N) is 2. The quantitative estimate of drug-likeness (QED) is 0.787. The molecule has 0 saturated carbocycles. The van der Waals surface area contributed by atoms with Gasteiger partial charge in [0.15, 0.2) is 6.10 Å². The molecule has 0 bridgehead atoms. The van der Waals surface area contributed by atoms with E-state index in [9.17, 15) is 14.4 Å². The Hall–Kier alpha value is -3.16. The van der Waals surface area contributed by atoms with Gasteiger partial charge in [-0.1, -0.05) is 18.2 Å². The van der Waals surface area contributed by atoms with Crippen molar-refractivity contribution in [2.24, 2.45) is 0 Å². The first kappa shape index (κ1) is 21.1. The number of ether oxygens (including phenoxy) is 1. The van der Waals surface area contributed by atoms with E-state index in [0.29, 0.717) is 17.0 Å². The highest BCUT2D eigenvalue weighted by atomic mass is 16.5. The van der Waals surface area contributed by atoms with Gasteiger partial charge in [-0.3, -0.25) is 10.1 Å². The molecule has 0 aliphatic carbocycles. The summed E-state index contributed by atoms with van der Waals surface area (Å²) in [6.07, 6.45) is -1.14. The summed E-state index contributed by atoms with van der Waals surface area (Å²) >= 11 is 0. The summed E-state index contributed by atoms with van der Waals surface area (Å²) in [5.41, 5.74) is 1.70. The van der Waals surface area contributed by atoms with Crippen LogP contribution in [0.3, 0.4) is 0 Å². The molecule has 1 atom stereocenters. The Labute approximate surface area is 164 Å². The predicted molar refractivity (Wildman–Crippen MR) is 104 cm³/mol. The minimum absolute atomic E-state index is 0.294. The zero-order chi connectivity index (χ0) is 21.1. The Balaban J connectivity index is 2.09. The molecule has 8 nitrogen and oxygen atoms in total. The van der Waals surface area contributed by atoms with Gasteiger partial charge in [-0.05, 0) is 53.7 Å². The van der Waals surface area contributed by atoms with Crippen LogP contribution in [0.5, 0.6) is 0 Å². The maximum Gasteiger partial charge on any atom is 0.342 e. The van der Waals surface area contributed by atoms with Crippen LogP contribution in [0.2, 0.25) is 0 Å². The molecule has 2 aromatic rings. The van der Waals surface area contributed by atoms with E-state index in [2.05, 4.69) is 15.7 Å². The van der Waals surface area contributed by atoms with Crippen molar-refractivity contribution in [3.8, 4) is 5.69 Å². The number of para-hydroxylation sites is 1. The van der Waals surface area contributed by atoms with Gasteiger partial charge in [0.05, 0.1) is 17.1 Å². The first-order chi connectivity index (χ1) is 13.0. The van der Waals surface area contributed by atoms with E-state index < -0.39 is 29.6 Å². The molecule has 0 fully saturated rings. The van der Waals surface area contributed by atoms with Gasteiger partial charge >= 0.3 is 12.0 Å². The average molecular weight is 386 g/mol. The second-order valence-electron chi connectivity index (χ2n) is 7.53. The van der Waals surface area contributed by atoms with Gasteiger partial charge < -0.3 is 10.1 Å². The highest BCUT2D eigenvalue weighted by molar-refractivity contribution is 5.99. The molecule has 0 aliphatic rings. The van der Waals surface area contributed by atoms with E-state index in [-0.39, 0.29) is 0 Å². The Kier molecular flexibility index (Phi) is 6.23. The molecule has 3 amide bonds. The van der Waals surface area contributed by atoms with E-state index in [4.69, 9.17) is 4.74 Å². The van der Waals surface area contributed by atoms with Crippen LogP contribution in [0, 0.1) is 13.8 Å². The number of esters is 1. The molecule has 1 heterocycles. The van der Waals surface area contributed by atoms with Crippen LogP contribution < -0.4 is 10.6 Å². The van der Waals surface area contributed by atoms with Crippen molar-refractivity contribution in [1.29, 1.82) is 0 Å². The minimum atomic E-state index is -1.14. The third-order valence-corrected chi connectivity index (χ3v) is 3.87. The lowest BCUT2D eigenvalue weighted by molar-refractivity contribution is -0.127. The van der Waals surface area contributed by atoms with Crippen molar-refractivity contribution in [2.75, 3.05) is 0 Å². The molecule has 0 aliphatic heterocycles. The molecule has 2 N–H and O–H groups in total. The first-order valence-corrected chi connectivity index (χ1v) is 8.95. The van der Waals surface area contributed by atoms with E-state index in [1.807, 2.05) is 30.3 Å². The Morgan fingerprint density at radius 2 is 1.71 bits per heavy atom. The fraction of sp³-hybridized carbons (Fsp3) is 0.400. The van der Waals surface area contributed by atoms with Crippen molar-refractivity contribution in [1.82, 2.24) is 20.4 Å². The van der Waals surface area contributed by atoms with Gasteiger partial charge in [-0.15, -0.1) is 0 Å². The Morgan fingerprint density at radius 3 is 2.29 bits per heavy atom. The van der Waals surface area contributed by atoms with E-state index in [0.717, 1.165) is 5.69 Å². The number of aryl methyl sites for hydroxylation is 1. The molecule has 0 spiro atoms. The van der Waals surface area contributed by atoms with Gasteiger partial charge in [0.2, 0.25) is 0 Å². The largest absolute Gasteiger partial charge is 0.449 e. The van der Waals surface area contributed by atoms with Crippen LogP contribution in [0.25, 0.3) is 5.69 Å². The number of amides is 3. The maximum atomic E-state index is 12.6. The van der Waals surface area contributed by atoms with Gasteiger partial charge in [-0.2, -0.15) is 5.10 Å². The van der Waals surface area contributed by atoms with Crippen molar-refractivity contribution in [3.05, 3.63) is 47.3 Å². The molecule has 150 valence electrons. The van der Waals surface area contributed by atoms with Crippen LogP contribution in [-0.4, -0.2) is 39.3 Å². The first-order valence-electron chi connectivity index (χ1n) is 8.95. The van der Waals surface area contributed by atoms with Gasteiger partial charge in [0.25, 0.3) is 5.91 Å². The second-order valence-corrected chi connectivity index (χ2v) is 7.53. The molecule has 28 heavy (non-hydrogen) atoms. The van der Waals surface area contributed by atoms with E-state index >= 15 is 0 Å². The summed E-state index contributed by atoms with van der Waals surface area (Å²) in [7, 11) is 0. The fourth-order valence-electron chi connectivity index (χ4n) is 2.62. The van der Waals surface area contributed by atoms with Gasteiger partial charge in [0, 0.05) is 5.54 Å². The molecule has 8 heteroatoms. The third kappa shape index (κ3) is 5.18. The number of benzene rings is 1. The number of hydrogen-bond acceptors (Lipinski definition) is 5. The smallest absolute Gasteiger partial charge is 0.342 e. The van der Waals surface area contributed by atoms with Crippen LogP contribution in [0.4, 0.5) is 4.79 Å². The van der Waals surface area contributed by atoms with Crippen molar-refractivity contribution in [2.45, 2.75) is 53.2 Å². The highest BCUT2D eigenvalue weighted by Crippen LogP contribution is 2.19. The minimum Gasteiger partial charge on any atom is -0.449 e. The maximum absolute atomic E-state index is 12.6. The number of carbonyl (C=O) groups is 3. The SMILES string of the molecule is Cc1nn(-c2ccccc2)c(C)c1C(=O)O[C@@H](C)C(=O)NC(=O)NC(C)(C)C. The van der Waals surface area contributed by atoms with E-state index in [1.54, 1.807) is 39.3 Å². The highest BCUT2D eigenvalue weighted by Gasteiger charge is 2.26. The summed E-state index contributed by atoms with van der Waals surface area (Å²) in [4.78, 5) is 36.5. The molecule has 0 unspecified atom stereocenters. The molecule has 1 aromatic heterocycles. The summed E-state index contributed by atoms with van der Waals surface area (Å²) in [6, 6.07) is 8.74. The summed E-state index contributed by atoms with van der Waals surface area (Å²) in [6.45, 7) is 10.2.